The number of anilines is 2. The molecule has 0 unspecified atom stereocenters. The van der Waals surface area contributed by atoms with Crippen molar-refractivity contribution in [3.05, 3.63) is 46.7 Å². The molecule has 0 atom stereocenters. The van der Waals surface area contributed by atoms with Gasteiger partial charge < -0.3 is 10.1 Å². The lowest BCUT2D eigenvalue weighted by molar-refractivity contribution is -0.118. The Balaban J connectivity index is 1.64. The van der Waals surface area contributed by atoms with E-state index in [1.165, 1.54) is 30.4 Å². The summed E-state index contributed by atoms with van der Waals surface area (Å²) in [5.41, 5.74) is 1.35. The molecule has 1 aromatic heterocycles. The second kappa shape index (κ2) is 7.79. The molecule has 6 nitrogen and oxygen atoms in total. The molecule has 1 heterocycles. The van der Waals surface area contributed by atoms with Crippen LogP contribution >= 0.6 is 27.3 Å². The van der Waals surface area contributed by atoms with Crippen molar-refractivity contribution in [3.8, 4) is 5.75 Å². The quantitative estimate of drug-likeness (QED) is 0.627. The number of thiazole rings is 1. The van der Waals surface area contributed by atoms with Crippen molar-refractivity contribution in [1.29, 1.82) is 0 Å². The zero-order valence-corrected chi connectivity index (χ0v) is 15.9. The fourth-order valence-corrected chi connectivity index (χ4v) is 3.40. The number of carbonyl (C=O) groups is 2. The van der Waals surface area contributed by atoms with E-state index in [2.05, 4.69) is 31.5 Å². The van der Waals surface area contributed by atoms with Crippen LogP contribution in [0.4, 0.5) is 15.2 Å². The van der Waals surface area contributed by atoms with Crippen LogP contribution in [-0.2, 0) is 9.59 Å². The van der Waals surface area contributed by atoms with E-state index in [0.717, 1.165) is 4.70 Å². The van der Waals surface area contributed by atoms with Crippen LogP contribution in [-0.4, -0.2) is 23.4 Å². The summed E-state index contributed by atoms with van der Waals surface area (Å²) in [6.07, 6.45) is 0. The maximum atomic E-state index is 13.7. The highest BCUT2D eigenvalue weighted by Gasteiger charge is 2.11. The van der Waals surface area contributed by atoms with Gasteiger partial charge in [0.05, 0.1) is 10.2 Å². The van der Waals surface area contributed by atoms with Gasteiger partial charge in [0.15, 0.2) is 23.3 Å². The molecule has 0 saturated heterocycles. The molecule has 134 valence electrons. The fourth-order valence-electron chi connectivity index (χ4n) is 2.15. The SMILES string of the molecule is CC(=O)Nc1ccc2nc(NC(=O)COc3ccc(Br)cc3F)sc2c1. The van der Waals surface area contributed by atoms with Gasteiger partial charge in [-0.05, 0) is 36.4 Å². The number of hydrogen-bond acceptors (Lipinski definition) is 5. The summed E-state index contributed by atoms with van der Waals surface area (Å²) in [6, 6.07) is 9.57. The number of halogens is 2. The van der Waals surface area contributed by atoms with Gasteiger partial charge in [-0.3, -0.25) is 14.9 Å². The van der Waals surface area contributed by atoms with Crippen LogP contribution in [0, 0.1) is 5.82 Å². The van der Waals surface area contributed by atoms with Crippen molar-refractivity contribution in [2.24, 2.45) is 0 Å². The van der Waals surface area contributed by atoms with Gasteiger partial charge in [0.2, 0.25) is 5.91 Å². The Hall–Kier alpha value is -2.52. The van der Waals surface area contributed by atoms with Gasteiger partial charge >= 0.3 is 0 Å². The van der Waals surface area contributed by atoms with E-state index < -0.39 is 11.7 Å². The average molecular weight is 438 g/mol. The number of nitrogens with one attached hydrogen (secondary N) is 2. The van der Waals surface area contributed by atoms with Crippen molar-refractivity contribution >= 4 is 60.1 Å². The van der Waals surface area contributed by atoms with E-state index in [9.17, 15) is 14.0 Å². The van der Waals surface area contributed by atoms with Crippen molar-refractivity contribution in [3.63, 3.8) is 0 Å². The lowest BCUT2D eigenvalue weighted by Gasteiger charge is -2.06. The Labute approximate surface area is 160 Å². The standard InChI is InChI=1S/C17H13BrFN3O3S/c1-9(23)20-11-3-4-13-15(7-11)26-17(21-13)22-16(24)8-25-14-5-2-10(18)6-12(14)19/h2-7H,8H2,1H3,(H,20,23)(H,21,22,24). The maximum Gasteiger partial charge on any atom is 0.264 e. The number of ether oxygens (including phenoxy) is 1. The van der Waals surface area contributed by atoms with Gasteiger partial charge in [0.1, 0.15) is 0 Å². The highest BCUT2D eigenvalue weighted by atomic mass is 79.9. The molecule has 2 N–H and O–H groups in total. The average Bonchev–Trinajstić information content (AvgIpc) is 2.94. The molecular formula is C17H13BrFN3O3S. The number of rotatable bonds is 5. The van der Waals surface area contributed by atoms with Gasteiger partial charge in [-0.1, -0.05) is 27.3 Å². The molecule has 0 aliphatic heterocycles. The summed E-state index contributed by atoms with van der Waals surface area (Å²) < 4.78 is 20.2. The minimum Gasteiger partial charge on any atom is -0.481 e. The van der Waals surface area contributed by atoms with Gasteiger partial charge in [-0.15, -0.1) is 0 Å². The molecule has 2 amide bonds. The molecule has 26 heavy (non-hydrogen) atoms. The summed E-state index contributed by atoms with van der Waals surface area (Å²) in [5, 5.41) is 5.70. The number of nitrogens with zero attached hydrogens (tertiary/aromatic N) is 1. The van der Waals surface area contributed by atoms with Crippen LogP contribution in [0.2, 0.25) is 0 Å². The van der Waals surface area contributed by atoms with E-state index in [0.29, 0.717) is 20.8 Å². The Bertz CT molecular complexity index is 993. The monoisotopic (exact) mass is 437 g/mol. The van der Waals surface area contributed by atoms with Crippen LogP contribution < -0.4 is 15.4 Å². The molecule has 0 spiro atoms. The van der Waals surface area contributed by atoms with Crippen molar-refractivity contribution in [1.82, 2.24) is 4.98 Å². The second-order valence-electron chi connectivity index (χ2n) is 5.29. The lowest BCUT2D eigenvalue weighted by atomic mass is 10.3. The fraction of sp³-hybridized carbons (Fsp3) is 0.118. The number of carbonyl (C=O) groups excluding carboxylic acids is 2. The minimum absolute atomic E-state index is 0.00685. The Morgan fingerprint density at radius 2 is 2.04 bits per heavy atom. The predicted molar refractivity (Wildman–Crippen MR) is 102 cm³/mol. The summed E-state index contributed by atoms with van der Waals surface area (Å²) in [7, 11) is 0. The third kappa shape index (κ3) is 4.55. The maximum absolute atomic E-state index is 13.7. The number of benzene rings is 2. The molecule has 0 saturated carbocycles. The summed E-state index contributed by atoms with van der Waals surface area (Å²) >= 11 is 4.41. The Morgan fingerprint density at radius 3 is 2.77 bits per heavy atom. The molecule has 0 bridgehead atoms. The predicted octanol–water partition coefficient (Wildman–Crippen LogP) is 4.17. The van der Waals surface area contributed by atoms with Gasteiger partial charge in [-0.25, -0.2) is 9.37 Å². The highest BCUT2D eigenvalue weighted by molar-refractivity contribution is 9.10. The van der Waals surface area contributed by atoms with E-state index in [4.69, 9.17) is 4.74 Å². The second-order valence-corrected chi connectivity index (χ2v) is 7.24. The van der Waals surface area contributed by atoms with Crippen LogP contribution in [0.1, 0.15) is 6.92 Å². The normalized spacial score (nSPS) is 10.6. The van der Waals surface area contributed by atoms with E-state index in [1.807, 2.05) is 0 Å². The minimum atomic E-state index is -0.558. The first kappa shape index (κ1) is 18.3. The molecule has 0 aliphatic carbocycles. The lowest BCUT2D eigenvalue weighted by Crippen LogP contribution is -2.20. The summed E-state index contributed by atoms with van der Waals surface area (Å²) in [5.74, 6) is -1.18. The summed E-state index contributed by atoms with van der Waals surface area (Å²) in [6.45, 7) is 1.09. The molecule has 3 aromatic rings. The van der Waals surface area contributed by atoms with Crippen LogP contribution in [0.3, 0.4) is 0 Å². The summed E-state index contributed by atoms with van der Waals surface area (Å²) in [4.78, 5) is 27.4. The molecular weight excluding hydrogens is 425 g/mol. The van der Waals surface area contributed by atoms with Crippen LogP contribution in [0.15, 0.2) is 40.9 Å². The first-order valence-electron chi connectivity index (χ1n) is 7.46. The smallest absolute Gasteiger partial charge is 0.264 e. The molecule has 9 heteroatoms. The van der Waals surface area contributed by atoms with E-state index >= 15 is 0 Å². The Kier molecular flexibility index (Phi) is 5.48. The largest absolute Gasteiger partial charge is 0.481 e. The molecule has 0 radical (unpaired) electrons. The first-order chi connectivity index (χ1) is 12.4. The van der Waals surface area contributed by atoms with Gasteiger partial charge in [0, 0.05) is 17.1 Å². The first-order valence-corrected chi connectivity index (χ1v) is 9.07. The number of fused-ring (bicyclic) bond motifs is 1. The molecule has 2 aromatic carbocycles. The third-order valence-electron chi connectivity index (χ3n) is 3.21. The van der Waals surface area contributed by atoms with Gasteiger partial charge in [-0.2, -0.15) is 0 Å². The van der Waals surface area contributed by atoms with Gasteiger partial charge in [0.25, 0.3) is 5.91 Å². The topological polar surface area (TPSA) is 80.3 Å². The number of aromatic nitrogens is 1. The van der Waals surface area contributed by atoms with E-state index in [1.54, 1.807) is 24.3 Å². The van der Waals surface area contributed by atoms with Crippen molar-refractivity contribution < 1.29 is 18.7 Å². The van der Waals surface area contributed by atoms with Crippen LogP contribution in [0.5, 0.6) is 5.75 Å². The Morgan fingerprint density at radius 1 is 1.23 bits per heavy atom. The number of amides is 2. The zero-order chi connectivity index (χ0) is 18.7. The molecule has 0 fully saturated rings. The zero-order valence-electron chi connectivity index (χ0n) is 13.5. The molecule has 3 rings (SSSR count). The van der Waals surface area contributed by atoms with E-state index in [-0.39, 0.29) is 18.3 Å². The third-order valence-corrected chi connectivity index (χ3v) is 4.63. The van der Waals surface area contributed by atoms with Crippen LogP contribution in [0.25, 0.3) is 10.2 Å². The number of hydrogen-bond donors (Lipinski definition) is 2. The van der Waals surface area contributed by atoms with Crippen molar-refractivity contribution in [2.75, 3.05) is 17.2 Å². The van der Waals surface area contributed by atoms with Crippen molar-refractivity contribution in [2.45, 2.75) is 6.92 Å². The highest BCUT2D eigenvalue weighted by Crippen LogP contribution is 2.28. The molecule has 0 aliphatic rings.